The number of rotatable bonds is 20. The van der Waals surface area contributed by atoms with Crippen LogP contribution in [0.1, 0.15) is 96.3 Å². The van der Waals surface area contributed by atoms with Crippen LogP contribution in [0.3, 0.4) is 0 Å². The molecule has 6 heteroatoms. The average molecular weight is 521 g/mol. The maximum atomic E-state index is 6.73. The maximum Gasteiger partial charge on any atom is 0.0810 e. The first-order chi connectivity index (χ1) is 18.3. The van der Waals surface area contributed by atoms with E-state index < -0.39 is 0 Å². The Kier molecular flexibility index (Phi) is 9.77. The van der Waals surface area contributed by atoms with Gasteiger partial charge in [0.05, 0.1) is 63.1 Å². The highest BCUT2D eigenvalue weighted by Crippen LogP contribution is 2.51. The molecule has 4 heterocycles. The van der Waals surface area contributed by atoms with E-state index in [1.165, 1.54) is 64.2 Å². The zero-order valence-corrected chi connectivity index (χ0v) is 23.1. The van der Waals surface area contributed by atoms with Crippen LogP contribution in [0.15, 0.2) is 0 Å². The van der Waals surface area contributed by atoms with Crippen LogP contribution < -0.4 is 0 Å². The molecule has 2 aliphatic carbocycles. The lowest BCUT2D eigenvalue weighted by Gasteiger charge is -2.50. The quantitative estimate of drug-likeness (QED) is 0.152. The van der Waals surface area contributed by atoms with Crippen LogP contribution in [0.25, 0.3) is 0 Å². The fourth-order valence-electron chi connectivity index (χ4n) is 7.36. The van der Waals surface area contributed by atoms with Crippen molar-refractivity contribution in [3.05, 3.63) is 0 Å². The van der Waals surface area contributed by atoms with Crippen molar-refractivity contribution in [2.45, 2.75) is 133 Å². The van der Waals surface area contributed by atoms with Gasteiger partial charge < -0.3 is 28.4 Å². The lowest BCUT2D eigenvalue weighted by molar-refractivity contribution is -0.119. The molecule has 37 heavy (non-hydrogen) atoms. The molecular weight excluding hydrogens is 468 g/mol. The third-order valence-corrected chi connectivity index (χ3v) is 10.0. The highest BCUT2D eigenvalue weighted by Gasteiger charge is 2.46. The SMILES string of the molecule is C(CCC1C(C2CC(CCCC3CO3)C2)CC(OCCCC2CO2)C[C@H]1OCCCC1CO1)CC1CO1. The van der Waals surface area contributed by atoms with Crippen molar-refractivity contribution in [2.24, 2.45) is 23.7 Å². The van der Waals surface area contributed by atoms with E-state index in [4.69, 9.17) is 28.4 Å². The molecule has 0 amide bonds. The topological polar surface area (TPSA) is 68.6 Å². The molecule has 0 radical (unpaired) electrons. The van der Waals surface area contributed by atoms with Crippen LogP contribution in [0, 0.1) is 23.7 Å². The second-order valence-electron chi connectivity index (χ2n) is 13.1. The molecule has 2 saturated carbocycles. The third kappa shape index (κ3) is 9.14. The first-order valence-corrected chi connectivity index (χ1v) is 16.0. The van der Waals surface area contributed by atoms with Crippen LogP contribution in [0.5, 0.6) is 0 Å². The van der Waals surface area contributed by atoms with Gasteiger partial charge in [-0.15, -0.1) is 0 Å². The van der Waals surface area contributed by atoms with E-state index >= 15 is 0 Å². The Labute approximate surface area is 224 Å². The fourth-order valence-corrected chi connectivity index (χ4v) is 7.36. The summed E-state index contributed by atoms with van der Waals surface area (Å²) in [5.41, 5.74) is 0. The molecule has 0 aromatic carbocycles. The largest absolute Gasteiger partial charge is 0.378 e. The predicted molar refractivity (Wildman–Crippen MR) is 142 cm³/mol. The van der Waals surface area contributed by atoms with Crippen LogP contribution in [0.2, 0.25) is 0 Å². The first-order valence-electron chi connectivity index (χ1n) is 16.0. The summed E-state index contributed by atoms with van der Waals surface area (Å²) in [7, 11) is 0. The van der Waals surface area contributed by atoms with Crippen molar-refractivity contribution in [2.75, 3.05) is 39.6 Å². The van der Waals surface area contributed by atoms with Gasteiger partial charge in [-0.25, -0.2) is 0 Å². The molecule has 4 saturated heterocycles. The normalized spacial score (nSPS) is 41.8. The summed E-state index contributed by atoms with van der Waals surface area (Å²) in [6.45, 7) is 5.67. The number of unbranched alkanes of at least 4 members (excludes halogenated alkanes) is 1. The Morgan fingerprint density at radius 2 is 1.05 bits per heavy atom. The maximum absolute atomic E-state index is 6.73. The van der Waals surface area contributed by atoms with Gasteiger partial charge in [0, 0.05) is 19.6 Å². The zero-order chi connectivity index (χ0) is 24.9. The summed E-state index contributed by atoms with van der Waals surface area (Å²) in [6, 6.07) is 0. The van der Waals surface area contributed by atoms with Gasteiger partial charge in [-0.05, 0) is 87.9 Å². The van der Waals surface area contributed by atoms with Crippen molar-refractivity contribution < 1.29 is 28.4 Å². The summed E-state index contributed by atoms with van der Waals surface area (Å²) >= 11 is 0. The zero-order valence-electron chi connectivity index (χ0n) is 23.1. The number of hydrogen-bond donors (Lipinski definition) is 0. The van der Waals surface area contributed by atoms with Crippen molar-refractivity contribution in [1.82, 2.24) is 0 Å². The molecule has 6 aliphatic rings. The Morgan fingerprint density at radius 1 is 0.514 bits per heavy atom. The highest BCUT2D eigenvalue weighted by molar-refractivity contribution is 4.95. The van der Waals surface area contributed by atoms with E-state index in [-0.39, 0.29) is 0 Å². The Hall–Kier alpha value is -0.240. The van der Waals surface area contributed by atoms with E-state index in [0.29, 0.717) is 42.5 Å². The number of epoxide rings is 4. The number of hydrogen-bond acceptors (Lipinski definition) is 6. The lowest BCUT2D eigenvalue weighted by atomic mass is 9.58. The fraction of sp³-hybridized carbons (Fsp3) is 1.00. The minimum atomic E-state index is 0.360. The standard InChI is InChI=1S/C31H52O6/c1(7-24-18-34-24)2-11-29-30(23-14-22(15-23)6-3-8-25-19-35-25)16-28(32-12-4-9-26-20-36-26)17-31(29)33-13-5-10-27-21-37-27/h22-31H,1-21H2/t22?,23?,24?,25?,26?,27?,28?,29?,30?,31-/m1/s1. The molecule has 7 unspecified atom stereocenters. The van der Waals surface area contributed by atoms with Gasteiger partial charge in [-0.3, -0.25) is 0 Å². The molecule has 6 rings (SSSR count). The van der Waals surface area contributed by atoms with Gasteiger partial charge in [0.15, 0.2) is 0 Å². The van der Waals surface area contributed by atoms with Gasteiger partial charge in [0.2, 0.25) is 0 Å². The highest BCUT2D eigenvalue weighted by atomic mass is 16.6. The second-order valence-corrected chi connectivity index (χ2v) is 13.1. The molecule has 0 bridgehead atoms. The summed E-state index contributed by atoms with van der Waals surface area (Å²) in [5, 5.41) is 0. The van der Waals surface area contributed by atoms with Crippen molar-refractivity contribution in [3.8, 4) is 0 Å². The van der Waals surface area contributed by atoms with Gasteiger partial charge >= 0.3 is 0 Å². The molecule has 4 aliphatic heterocycles. The summed E-state index contributed by atoms with van der Waals surface area (Å²) in [4.78, 5) is 0. The summed E-state index contributed by atoms with van der Waals surface area (Å²) in [5.74, 6) is 3.27. The van der Waals surface area contributed by atoms with Crippen LogP contribution >= 0.6 is 0 Å². The Morgan fingerprint density at radius 3 is 1.68 bits per heavy atom. The average Bonchev–Trinajstić information content (AvgIpc) is 3.67. The molecule has 8 atom stereocenters. The lowest BCUT2D eigenvalue weighted by Crippen LogP contribution is -2.47. The number of ether oxygens (including phenoxy) is 6. The van der Waals surface area contributed by atoms with Crippen LogP contribution in [-0.2, 0) is 28.4 Å². The molecule has 0 aromatic heterocycles. The van der Waals surface area contributed by atoms with Crippen molar-refractivity contribution in [1.29, 1.82) is 0 Å². The van der Waals surface area contributed by atoms with Crippen LogP contribution in [0.4, 0.5) is 0 Å². The van der Waals surface area contributed by atoms with Crippen LogP contribution in [-0.4, -0.2) is 76.3 Å². The van der Waals surface area contributed by atoms with Gasteiger partial charge in [0.25, 0.3) is 0 Å². The smallest absolute Gasteiger partial charge is 0.0810 e. The molecule has 6 nitrogen and oxygen atoms in total. The van der Waals surface area contributed by atoms with Gasteiger partial charge in [0.1, 0.15) is 0 Å². The molecule has 6 fully saturated rings. The van der Waals surface area contributed by atoms with Crippen molar-refractivity contribution >= 4 is 0 Å². The predicted octanol–water partition coefficient (Wildman–Crippen LogP) is 5.70. The summed E-state index contributed by atoms with van der Waals surface area (Å²) < 4.78 is 35.0. The summed E-state index contributed by atoms with van der Waals surface area (Å²) in [6.07, 6.45) is 21.9. The first kappa shape index (κ1) is 27.0. The van der Waals surface area contributed by atoms with E-state index in [1.807, 2.05) is 0 Å². The Balaban J connectivity index is 1.02. The second kappa shape index (κ2) is 13.4. The van der Waals surface area contributed by atoms with E-state index in [1.54, 1.807) is 0 Å². The van der Waals surface area contributed by atoms with E-state index in [0.717, 1.165) is 89.5 Å². The minimum Gasteiger partial charge on any atom is -0.378 e. The van der Waals surface area contributed by atoms with Gasteiger partial charge in [-0.1, -0.05) is 25.7 Å². The molecule has 212 valence electrons. The van der Waals surface area contributed by atoms with Crippen molar-refractivity contribution in [3.63, 3.8) is 0 Å². The molecule has 0 N–H and O–H groups in total. The third-order valence-electron chi connectivity index (χ3n) is 10.0. The molecule has 0 spiro atoms. The minimum absolute atomic E-state index is 0.360. The van der Waals surface area contributed by atoms with E-state index in [9.17, 15) is 0 Å². The molecular formula is C31H52O6. The van der Waals surface area contributed by atoms with Gasteiger partial charge in [-0.2, -0.15) is 0 Å². The van der Waals surface area contributed by atoms with E-state index in [2.05, 4.69) is 0 Å². The molecule has 0 aromatic rings. The monoisotopic (exact) mass is 520 g/mol. The Bertz CT molecular complexity index is 667.